The van der Waals surface area contributed by atoms with Crippen molar-refractivity contribution in [1.29, 1.82) is 0 Å². The Morgan fingerprint density at radius 2 is 2.00 bits per heavy atom. The van der Waals surface area contributed by atoms with E-state index in [0.29, 0.717) is 0 Å². The summed E-state index contributed by atoms with van der Waals surface area (Å²) in [4.78, 5) is 0. The normalized spacial score (nSPS) is 17.4. The number of nitrogens with two attached hydrogens (primary N) is 1. The average molecular weight is 235 g/mol. The highest BCUT2D eigenvalue weighted by Gasteiger charge is 2.26. The first-order valence-electron chi connectivity index (χ1n) is 7.05. The molecule has 0 aliphatic heterocycles. The lowest BCUT2D eigenvalue weighted by molar-refractivity contribution is 0.535. The molecule has 0 saturated heterocycles. The minimum absolute atomic E-state index is 0.160. The molecule has 1 atom stereocenters. The van der Waals surface area contributed by atoms with E-state index in [0.717, 1.165) is 31.7 Å². The Morgan fingerprint density at radius 1 is 1.29 bits per heavy atom. The van der Waals surface area contributed by atoms with E-state index >= 15 is 0 Å². The summed E-state index contributed by atoms with van der Waals surface area (Å²) < 4.78 is 2.24. The van der Waals surface area contributed by atoms with Gasteiger partial charge in [-0.2, -0.15) is 5.10 Å². The van der Waals surface area contributed by atoms with E-state index in [9.17, 15) is 0 Å². The van der Waals surface area contributed by atoms with E-state index in [2.05, 4.69) is 25.5 Å². The van der Waals surface area contributed by atoms with Gasteiger partial charge in [0.05, 0.1) is 5.69 Å². The summed E-state index contributed by atoms with van der Waals surface area (Å²) in [5.74, 6) is 0.871. The van der Waals surface area contributed by atoms with Crippen LogP contribution in [0.1, 0.15) is 63.0 Å². The van der Waals surface area contributed by atoms with Crippen molar-refractivity contribution in [3.63, 3.8) is 0 Å². The summed E-state index contributed by atoms with van der Waals surface area (Å²) in [6.07, 6.45) is 5.78. The second-order valence-electron chi connectivity index (χ2n) is 5.15. The largest absolute Gasteiger partial charge is 0.324 e. The van der Waals surface area contributed by atoms with Gasteiger partial charge in [0.2, 0.25) is 0 Å². The van der Waals surface area contributed by atoms with Gasteiger partial charge < -0.3 is 5.73 Å². The summed E-state index contributed by atoms with van der Waals surface area (Å²) >= 11 is 0. The molecule has 0 aromatic carbocycles. The first kappa shape index (κ1) is 12.6. The SMILES string of the molecule is CCc1nn(CC2CC2)c(CC)c1C(N)CC. The molecule has 1 heterocycles. The van der Waals surface area contributed by atoms with Crippen LogP contribution >= 0.6 is 0 Å². The molecule has 1 aliphatic rings. The standard InChI is InChI=1S/C14H25N3/c1-4-11(15)14-12(5-2)16-17(13(14)6-3)9-10-7-8-10/h10-11H,4-9,15H2,1-3H3. The Labute approximate surface area is 104 Å². The van der Waals surface area contributed by atoms with Crippen molar-refractivity contribution in [3.05, 3.63) is 17.0 Å². The van der Waals surface area contributed by atoms with Gasteiger partial charge in [0.15, 0.2) is 0 Å². The number of nitrogens with zero attached hydrogens (tertiary/aromatic N) is 2. The van der Waals surface area contributed by atoms with Crippen LogP contribution in [0.4, 0.5) is 0 Å². The summed E-state index contributed by atoms with van der Waals surface area (Å²) in [5, 5.41) is 4.79. The van der Waals surface area contributed by atoms with Gasteiger partial charge in [0.25, 0.3) is 0 Å². The van der Waals surface area contributed by atoms with Crippen molar-refractivity contribution in [2.75, 3.05) is 0 Å². The third kappa shape index (κ3) is 2.54. The first-order chi connectivity index (χ1) is 8.21. The summed E-state index contributed by atoms with van der Waals surface area (Å²) in [7, 11) is 0. The molecular formula is C14H25N3. The van der Waals surface area contributed by atoms with Crippen LogP contribution in [0.5, 0.6) is 0 Å². The molecule has 1 aliphatic carbocycles. The predicted octanol–water partition coefficient (Wildman–Crippen LogP) is 2.83. The van der Waals surface area contributed by atoms with Crippen LogP contribution in [0.2, 0.25) is 0 Å². The monoisotopic (exact) mass is 235 g/mol. The Hall–Kier alpha value is -0.830. The van der Waals surface area contributed by atoms with Gasteiger partial charge in [0.1, 0.15) is 0 Å². The van der Waals surface area contributed by atoms with E-state index in [-0.39, 0.29) is 6.04 Å². The van der Waals surface area contributed by atoms with Gasteiger partial charge in [0, 0.05) is 23.8 Å². The van der Waals surface area contributed by atoms with Crippen LogP contribution in [0.15, 0.2) is 0 Å². The van der Waals surface area contributed by atoms with Gasteiger partial charge in [-0.1, -0.05) is 20.8 Å². The number of hydrogen-bond acceptors (Lipinski definition) is 2. The molecule has 3 heteroatoms. The van der Waals surface area contributed by atoms with Crippen LogP contribution in [-0.2, 0) is 19.4 Å². The Balaban J connectivity index is 2.34. The van der Waals surface area contributed by atoms with Crippen molar-refractivity contribution in [1.82, 2.24) is 9.78 Å². The first-order valence-corrected chi connectivity index (χ1v) is 7.05. The second-order valence-corrected chi connectivity index (χ2v) is 5.15. The third-order valence-corrected chi connectivity index (χ3v) is 3.78. The summed E-state index contributed by atoms with van der Waals surface area (Å²) in [6, 6.07) is 0.160. The molecule has 1 unspecified atom stereocenters. The highest BCUT2D eigenvalue weighted by molar-refractivity contribution is 5.30. The fourth-order valence-corrected chi connectivity index (χ4v) is 2.53. The topological polar surface area (TPSA) is 43.8 Å². The third-order valence-electron chi connectivity index (χ3n) is 3.78. The molecule has 0 spiro atoms. The van der Waals surface area contributed by atoms with Crippen LogP contribution < -0.4 is 5.73 Å². The zero-order valence-corrected chi connectivity index (χ0v) is 11.4. The lowest BCUT2D eigenvalue weighted by atomic mass is 10.00. The van der Waals surface area contributed by atoms with Crippen molar-refractivity contribution >= 4 is 0 Å². The van der Waals surface area contributed by atoms with Gasteiger partial charge in [-0.3, -0.25) is 4.68 Å². The number of aromatic nitrogens is 2. The molecule has 2 rings (SSSR count). The highest BCUT2D eigenvalue weighted by Crippen LogP contribution is 2.32. The fourth-order valence-electron chi connectivity index (χ4n) is 2.53. The molecule has 1 saturated carbocycles. The maximum absolute atomic E-state index is 6.25. The minimum Gasteiger partial charge on any atom is -0.324 e. The van der Waals surface area contributed by atoms with E-state index in [1.54, 1.807) is 0 Å². The van der Waals surface area contributed by atoms with Crippen LogP contribution in [-0.4, -0.2) is 9.78 Å². The molecular weight excluding hydrogens is 210 g/mol. The Kier molecular flexibility index (Phi) is 3.87. The van der Waals surface area contributed by atoms with E-state index in [1.165, 1.54) is 29.8 Å². The van der Waals surface area contributed by atoms with Crippen LogP contribution in [0.3, 0.4) is 0 Å². The van der Waals surface area contributed by atoms with Crippen molar-refractivity contribution in [2.45, 2.75) is 65.5 Å². The Morgan fingerprint density at radius 3 is 2.47 bits per heavy atom. The Bertz CT molecular complexity index is 377. The number of hydrogen-bond donors (Lipinski definition) is 1. The zero-order valence-electron chi connectivity index (χ0n) is 11.4. The molecule has 1 aromatic rings. The van der Waals surface area contributed by atoms with Gasteiger partial charge in [-0.15, -0.1) is 0 Å². The van der Waals surface area contributed by atoms with Crippen molar-refractivity contribution in [3.8, 4) is 0 Å². The van der Waals surface area contributed by atoms with Crippen LogP contribution in [0, 0.1) is 5.92 Å². The second kappa shape index (κ2) is 5.21. The molecule has 0 bridgehead atoms. The van der Waals surface area contributed by atoms with E-state index < -0.39 is 0 Å². The number of rotatable bonds is 6. The highest BCUT2D eigenvalue weighted by atomic mass is 15.3. The van der Waals surface area contributed by atoms with E-state index in [1.807, 2.05) is 0 Å². The maximum Gasteiger partial charge on any atom is 0.0672 e. The zero-order chi connectivity index (χ0) is 12.4. The molecule has 1 aromatic heterocycles. The fraction of sp³-hybridized carbons (Fsp3) is 0.786. The molecule has 3 nitrogen and oxygen atoms in total. The molecule has 0 radical (unpaired) electrons. The van der Waals surface area contributed by atoms with Crippen LogP contribution in [0.25, 0.3) is 0 Å². The maximum atomic E-state index is 6.25. The summed E-state index contributed by atoms with van der Waals surface area (Å²) in [5.41, 5.74) is 10.2. The van der Waals surface area contributed by atoms with Gasteiger partial charge in [-0.05, 0) is 38.0 Å². The molecule has 96 valence electrons. The van der Waals surface area contributed by atoms with E-state index in [4.69, 9.17) is 10.8 Å². The predicted molar refractivity (Wildman–Crippen MR) is 70.9 cm³/mol. The summed E-state index contributed by atoms with van der Waals surface area (Å²) in [6.45, 7) is 7.65. The molecule has 0 amide bonds. The number of aryl methyl sites for hydroxylation is 1. The quantitative estimate of drug-likeness (QED) is 0.824. The lowest BCUT2D eigenvalue weighted by Gasteiger charge is -2.12. The smallest absolute Gasteiger partial charge is 0.0672 e. The molecule has 2 N–H and O–H groups in total. The van der Waals surface area contributed by atoms with Gasteiger partial charge in [-0.25, -0.2) is 0 Å². The lowest BCUT2D eigenvalue weighted by Crippen LogP contribution is -2.13. The van der Waals surface area contributed by atoms with Crippen molar-refractivity contribution < 1.29 is 0 Å². The molecule has 17 heavy (non-hydrogen) atoms. The van der Waals surface area contributed by atoms with Gasteiger partial charge >= 0.3 is 0 Å². The minimum atomic E-state index is 0.160. The van der Waals surface area contributed by atoms with Crippen molar-refractivity contribution in [2.24, 2.45) is 11.7 Å². The average Bonchev–Trinajstić information content (AvgIpc) is 3.08. The molecule has 1 fully saturated rings.